The van der Waals surface area contributed by atoms with Crippen molar-refractivity contribution >= 4 is 17.2 Å². The molecule has 1 aliphatic heterocycles. The van der Waals surface area contributed by atoms with Crippen LogP contribution < -0.4 is 4.74 Å². The van der Waals surface area contributed by atoms with Crippen molar-refractivity contribution in [2.75, 3.05) is 19.7 Å². The number of carbonyl (C=O) groups excluding carboxylic acids is 1. The second kappa shape index (κ2) is 6.92. The molecular weight excluding hydrogens is 301 g/mol. The van der Waals surface area contributed by atoms with E-state index in [1.165, 1.54) is 17.4 Å². The van der Waals surface area contributed by atoms with Crippen molar-refractivity contribution in [2.24, 2.45) is 5.92 Å². The molecule has 22 heavy (non-hydrogen) atoms. The summed E-state index contributed by atoms with van der Waals surface area (Å²) in [6, 6.07) is 10.2. The van der Waals surface area contributed by atoms with Crippen LogP contribution in [0.3, 0.4) is 0 Å². The number of benzene rings is 1. The van der Waals surface area contributed by atoms with Gasteiger partial charge in [-0.25, -0.2) is 4.39 Å². The average molecular weight is 319 g/mol. The Morgan fingerprint density at radius 2 is 2.00 bits per heavy atom. The summed E-state index contributed by atoms with van der Waals surface area (Å²) in [6.07, 6.45) is 1.79. The molecule has 1 aromatic carbocycles. The number of carbonyl (C=O) groups is 1. The van der Waals surface area contributed by atoms with Crippen molar-refractivity contribution in [1.29, 1.82) is 0 Å². The fourth-order valence-corrected chi connectivity index (χ4v) is 3.32. The molecule has 0 atom stereocenters. The number of rotatable bonds is 4. The molecular formula is C17H18FNO2S. The molecule has 116 valence electrons. The molecule has 0 unspecified atom stereocenters. The lowest BCUT2D eigenvalue weighted by Gasteiger charge is -2.31. The van der Waals surface area contributed by atoms with E-state index in [2.05, 4.69) is 0 Å². The molecule has 1 aliphatic rings. The Kier molecular flexibility index (Phi) is 4.73. The first kappa shape index (κ1) is 15.0. The predicted octanol–water partition coefficient (Wildman–Crippen LogP) is 3.82. The molecule has 2 aromatic rings. The summed E-state index contributed by atoms with van der Waals surface area (Å²) in [5.41, 5.74) is 0. The van der Waals surface area contributed by atoms with Crippen LogP contribution >= 0.6 is 11.3 Å². The van der Waals surface area contributed by atoms with Gasteiger partial charge in [0.2, 0.25) is 0 Å². The molecule has 2 heterocycles. The van der Waals surface area contributed by atoms with Crippen LogP contribution in [0, 0.1) is 11.7 Å². The van der Waals surface area contributed by atoms with E-state index in [1.807, 2.05) is 22.4 Å². The minimum atomic E-state index is -0.326. The number of ether oxygens (including phenoxy) is 1. The molecule has 3 nitrogen and oxygen atoms in total. The van der Waals surface area contributed by atoms with Crippen LogP contribution in [0.2, 0.25) is 0 Å². The maximum absolute atomic E-state index is 13.5. The lowest BCUT2D eigenvalue weighted by atomic mass is 9.97. The molecule has 0 spiro atoms. The maximum atomic E-state index is 13.5. The second-order valence-corrected chi connectivity index (χ2v) is 6.40. The number of hydrogen-bond donors (Lipinski definition) is 0. The van der Waals surface area contributed by atoms with Gasteiger partial charge >= 0.3 is 0 Å². The number of para-hydroxylation sites is 1. The summed E-state index contributed by atoms with van der Waals surface area (Å²) in [5.74, 6) is 0.461. The molecule has 0 saturated carbocycles. The van der Waals surface area contributed by atoms with E-state index in [0.717, 1.165) is 30.8 Å². The van der Waals surface area contributed by atoms with E-state index in [-0.39, 0.29) is 11.7 Å². The van der Waals surface area contributed by atoms with Gasteiger partial charge < -0.3 is 9.64 Å². The fraction of sp³-hybridized carbons (Fsp3) is 0.353. The van der Waals surface area contributed by atoms with Crippen LogP contribution in [-0.2, 0) is 0 Å². The highest BCUT2D eigenvalue weighted by Crippen LogP contribution is 2.23. The predicted molar refractivity (Wildman–Crippen MR) is 84.8 cm³/mol. The van der Waals surface area contributed by atoms with Gasteiger partial charge in [0.15, 0.2) is 11.6 Å². The molecule has 0 N–H and O–H groups in total. The number of halogens is 1. The summed E-state index contributed by atoms with van der Waals surface area (Å²) in [7, 11) is 0. The minimum absolute atomic E-state index is 0.114. The van der Waals surface area contributed by atoms with Crippen LogP contribution in [0.5, 0.6) is 5.75 Å². The van der Waals surface area contributed by atoms with E-state index in [1.54, 1.807) is 18.2 Å². The number of thiophene rings is 1. The summed E-state index contributed by atoms with van der Waals surface area (Å²) >= 11 is 1.48. The topological polar surface area (TPSA) is 29.5 Å². The van der Waals surface area contributed by atoms with Gasteiger partial charge in [0.1, 0.15) is 0 Å². The van der Waals surface area contributed by atoms with Crippen molar-refractivity contribution in [2.45, 2.75) is 12.8 Å². The van der Waals surface area contributed by atoms with Gasteiger partial charge in [0.25, 0.3) is 5.91 Å². The van der Waals surface area contributed by atoms with Gasteiger partial charge in [0, 0.05) is 13.1 Å². The third-order valence-corrected chi connectivity index (χ3v) is 4.80. The van der Waals surface area contributed by atoms with E-state index < -0.39 is 0 Å². The van der Waals surface area contributed by atoms with Gasteiger partial charge in [-0.3, -0.25) is 4.79 Å². The van der Waals surface area contributed by atoms with Gasteiger partial charge in [-0.1, -0.05) is 18.2 Å². The Balaban J connectivity index is 1.48. The number of hydrogen-bond acceptors (Lipinski definition) is 3. The van der Waals surface area contributed by atoms with Crippen molar-refractivity contribution in [3.8, 4) is 5.75 Å². The van der Waals surface area contributed by atoms with Crippen LogP contribution in [0.1, 0.15) is 22.5 Å². The first-order valence-corrected chi connectivity index (χ1v) is 8.32. The molecule has 5 heteroatoms. The largest absolute Gasteiger partial charge is 0.490 e. The third-order valence-electron chi connectivity index (χ3n) is 3.94. The monoisotopic (exact) mass is 319 g/mol. The first-order valence-electron chi connectivity index (χ1n) is 7.44. The molecule has 0 radical (unpaired) electrons. The summed E-state index contributed by atoms with van der Waals surface area (Å²) < 4.78 is 19.1. The number of amides is 1. The zero-order valence-electron chi connectivity index (χ0n) is 12.2. The number of likely N-dealkylation sites (tertiary alicyclic amines) is 1. The van der Waals surface area contributed by atoms with Gasteiger partial charge in [-0.15, -0.1) is 11.3 Å². The molecule has 1 amide bonds. The van der Waals surface area contributed by atoms with Crippen molar-refractivity contribution in [3.05, 3.63) is 52.5 Å². The Hall–Kier alpha value is -1.88. The molecule has 1 aromatic heterocycles. The smallest absolute Gasteiger partial charge is 0.263 e. The Morgan fingerprint density at radius 3 is 2.68 bits per heavy atom. The fourth-order valence-electron chi connectivity index (χ4n) is 2.63. The zero-order valence-corrected chi connectivity index (χ0v) is 13.0. The number of piperidine rings is 1. The lowest BCUT2D eigenvalue weighted by molar-refractivity contribution is 0.0664. The van der Waals surface area contributed by atoms with Crippen LogP contribution in [0.25, 0.3) is 0 Å². The molecule has 3 rings (SSSR count). The second-order valence-electron chi connectivity index (χ2n) is 5.45. The average Bonchev–Trinajstić information content (AvgIpc) is 3.08. The van der Waals surface area contributed by atoms with Crippen LogP contribution in [0.4, 0.5) is 4.39 Å². The maximum Gasteiger partial charge on any atom is 0.263 e. The highest BCUT2D eigenvalue weighted by Gasteiger charge is 2.24. The van der Waals surface area contributed by atoms with Gasteiger partial charge in [-0.2, -0.15) is 0 Å². The van der Waals surface area contributed by atoms with E-state index >= 15 is 0 Å². The first-order chi connectivity index (χ1) is 10.7. The Labute approximate surface area is 133 Å². The third kappa shape index (κ3) is 3.47. The summed E-state index contributed by atoms with van der Waals surface area (Å²) in [4.78, 5) is 14.9. The highest BCUT2D eigenvalue weighted by atomic mass is 32.1. The quantitative estimate of drug-likeness (QED) is 0.857. The SMILES string of the molecule is O=C(c1cccs1)N1CCC(COc2ccccc2F)CC1. The molecule has 1 fully saturated rings. The van der Waals surface area contributed by atoms with Crippen molar-refractivity contribution < 1.29 is 13.9 Å². The van der Waals surface area contributed by atoms with Gasteiger partial charge in [-0.05, 0) is 42.3 Å². The standard InChI is InChI=1S/C17H18FNO2S/c18-14-4-1-2-5-15(14)21-12-13-7-9-19(10-8-13)17(20)16-6-3-11-22-16/h1-6,11,13H,7-10,12H2. The Morgan fingerprint density at radius 1 is 1.23 bits per heavy atom. The molecule has 1 saturated heterocycles. The summed E-state index contributed by atoms with van der Waals surface area (Å²) in [6.45, 7) is 1.98. The van der Waals surface area contributed by atoms with Crippen LogP contribution in [0.15, 0.2) is 41.8 Å². The summed E-state index contributed by atoms with van der Waals surface area (Å²) in [5, 5.41) is 1.92. The number of nitrogens with zero attached hydrogens (tertiary/aromatic N) is 1. The minimum Gasteiger partial charge on any atom is -0.490 e. The molecule has 0 bridgehead atoms. The van der Waals surface area contributed by atoms with Crippen molar-refractivity contribution in [3.63, 3.8) is 0 Å². The normalized spacial score (nSPS) is 15.8. The van der Waals surface area contributed by atoms with E-state index in [9.17, 15) is 9.18 Å². The van der Waals surface area contributed by atoms with E-state index in [4.69, 9.17) is 4.74 Å². The Bertz CT molecular complexity index is 621. The molecule has 0 aliphatic carbocycles. The lowest BCUT2D eigenvalue weighted by Crippen LogP contribution is -2.39. The van der Waals surface area contributed by atoms with Gasteiger partial charge in [0.05, 0.1) is 11.5 Å². The van der Waals surface area contributed by atoms with E-state index in [0.29, 0.717) is 18.3 Å². The zero-order chi connectivity index (χ0) is 15.4. The highest BCUT2D eigenvalue weighted by molar-refractivity contribution is 7.12. The van der Waals surface area contributed by atoms with Crippen molar-refractivity contribution in [1.82, 2.24) is 4.90 Å². The van der Waals surface area contributed by atoms with Crippen LogP contribution in [-0.4, -0.2) is 30.5 Å².